The highest BCUT2D eigenvalue weighted by atomic mass is 19.4. The van der Waals surface area contributed by atoms with Gasteiger partial charge in [0.15, 0.2) is 0 Å². The zero-order valence-corrected chi connectivity index (χ0v) is 19.4. The average Bonchev–Trinajstić information content (AvgIpc) is 3.62. The van der Waals surface area contributed by atoms with Gasteiger partial charge in [0, 0.05) is 37.2 Å². The summed E-state index contributed by atoms with van der Waals surface area (Å²) in [5.41, 5.74) is -0.293. The molecule has 0 unspecified atom stereocenters. The number of anilines is 3. The highest BCUT2D eigenvalue weighted by Gasteiger charge is 2.62. The third-order valence-electron chi connectivity index (χ3n) is 5.97. The Morgan fingerprint density at radius 2 is 1.81 bits per heavy atom. The molecule has 1 fully saturated rings. The highest BCUT2D eigenvalue weighted by molar-refractivity contribution is 5.92. The van der Waals surface area contributed by atoms with Crippen LogP contribution in [-0.2, 0) is 4.74 Å². The van der Waals surface area contributed by atoms with Gasteiger partial charge < -0.3 is 25.4 Å². The molecule has 192 valence electrons. The molecule has 0 radical (unpaired) electrons. The molecule has 2 amide bonds. The minimum atomic E-state index is -4.24. The molecule has 1 aliphatic rings. The first-order chi connectivity index (χ1) is 17.2. The van der Waals surface area contributed by atoms with Gasteiger partial charge in [0.1, 0.15) is 30.3 Å². The third-order valence-corrected chi connectivity index (χ3v) is 5.97. The summed E-state index contributed by atoms with van der Waals surface area (Å²) in [5.74, 6) is 0.00986. The number of carbonyl (C=O) groups excluding carboxylic acids is 1. The topological polar surface area (TPSA) is 97.4 Å². The molecule has 0 spiro atoms. The first kappa shape index (κ1) is 25.4. The van der Waals surface area contributed by atoms with Crippen molar-refractivity contribution in [1.82, 2.24) is 15.3 Å². The predicted molar refractivity (Wildman–Crippen MR) is 126 cm³/mol. The van der Waals surface area contributed by atoms with E-state index in [9.17, 15) is 22.4 Å². The molecule has 4 rings (SSSR count). The van der Waals surface area contributed by atoms with E-state index in [-0.39, 0.29) is 43.6 Å². The Morgan fingerprint density at radius 3 is 2.47 bits per heavy atom. The third kappa shape index (κ3) is 5.93. The van der Waals surface area contributed by atoms with Gasteiger partial charge in [0.05, 0.1) is 22.9 Å². The molecular weight excluding hydrogens is 482 g/mol. The van der Waals surface area contributed by atoms with Crippen molar-refractivity contribution in [3.8, 4) is 5.75 Å². The number of ether oxygens (including phenoxy) is 2. The van der Waals surface area contributed by atoms with Crippen molar-refractivity contribution in [2.24, 2.45) is 5.41 Å². The number of alkyl halides is 3. The zero-order valence-electron chi connectivity index (χ0n) is 19.4. The van der Waals surface area contributed by atoms with Crippen LogP contribution in [0.2, 0.25) is 0 Å². The summed E-state index contributed by atoms with van der Waals surface area (Å²) in [5, 5.41) is 8.25. The van der Waals surface area contributed by atoms with Crippen LogP contribution in [0.15, 0.2) is 42.7 Å². The molecule has 0 atom stereocenters. The molecule has 1 heterocycles. The van der Waals surface area contributed by atoms with E-state index >= 15 is 0 Å². The Morgan fingerprint density at radius 1 is 1.08 bits per heavy atom. The molecule has 3 aromatic rings. The van der Waals surface area contributed by atoms with Crippen LogP contribution in [0.4, 0.5) is 39.5 Å². The second-order valence-electron chi connectivity index (χ2n) is 8.47. The van der Waals surface area contributed by atoms with Crippen LogP contribution in [0, 0.1) is 11.2 Å². The molecular formula is C24H25F4N5O3. The summed E-state index contributed by atoms with van der Waals surface area (Å²) in [4.78, 5) is 20.3. The second kappa shape index (κ2) is 10.5. The van der Waals surface area contributed by atoms with Gasteiger partial charge in [-0.2, -0.15) is 13.2 Å². The van der Waals surface area contributed by atoms with Crippen molar-refractivity contribution in [2.75, 3.05) is 37.5 Å². The van der Waals surface area contributed by atoms with Crippen molar-refractivity contribution < 1.29 is 31.8 Å². The lowest BCUT2D eigenvalue weighted by atomic mass is 10.0. The number of amides is 2. The fraction of sp³-hybridized carbons (Fsp3) is 0.375. The molecule has 2 aromatic carbocycles. The van der Waals surface area contributed by atoms with E-state index in [1.807, 2.05) is 0 Å². The Kier molecular flexibility index (Phi) is 7.43. The Bertz CT molecular complexity index is 1220. The maximum Gasteiger partial charge on any atom is 0.394 e. The molecule has 1 saturated carbocycles. The first-order valence-corrected chi connectivity index (χ1v) is 11.3. The molecule has 1 aromatic heterocycles. The smallest absolute Gasteiger partial charge is 0.394 e. The quantitative estimate of drug-likeness (QED) is 0.251. The fourth-order valence-corrected chi connectivity index (χ4v) is 3.73. The van der Waals surface area contributed by atoms with Crippen LogP contribution in [0.1, 0.15) is 19.3 Å². The standard InChI is InChI=1S/C24H25F4N5O3/c1-35-10-11-36-17-12-18(25)20-19(13-17)30-14-31-21(20)32-15-2-4-16(5-3-15)33-22(34)29-9-8-23(6-7-23)24(26,27)28/h2-5,12-14H,6-11H2,1H3,(H2,29,33,34)(H,30,31,32). The Hall–Kier alpha value is -3.67. The predicted octanol–water partition coefficient (Wildman–Crippen LogP) is 5.39. The lowest BCUT2D eigenvalue weighted by Gasteiger charge is -2.19. The molecule has 8 nitrogen and oxygen atoms in total. The van der Waals surface area contributed by atoms with Crippen LogP contribution in [0.3, 0.4) is 0 Å². The lowest BCUT2D eigenvalue weighted by molar-refractivity contribution is -0.188. The molecule has 3 N–H and O–H groups in total. The van der Waals surface area contributed by atoms with Gasteiger partial charge in [0.2, 0.25) is 0 Å². The number of fused-ring (bicyclic) bond motifs is 1. The van der Waals surface area contributed by atoms with E-state index in [4.69, 9.17) is 9.47 Å². The number of rotatable bonds is 10. The maximum absolute atomic E-state index is 14.8. The number of methoxy groups -OCH3 is 1. The highest BCUT2D eigenvalue weighted by Crippen LogP contribution is 2.59. The minimum Gasteiger partial charge on any atom is -0.491 e. The number of aromatic nitrogens is 2. The second-order valence-corrected chi connectivity index (χ2v) is 8.47. The summed E-state index contributed by atoms with van der Waals surface area (Å²) < 4.78 is 64.1. The Labute approximate surface area is 204 Å². The van der Waals surface area contributed by atoms with Gasteiger partial charge in [-0.3, -0.25) is 0 Å². The number of urea groups is 1. The summed E-state index contributed by atoms with van der Waals surface area (Å²) in [6, 6.07) is 8.74. The number of benzene rings is 2. The van der Waals surface area contributed by atoms with Crippen molar-refractivity contribution in [3.05, 3.63) is 48.5 Å². The number of nitrogens with zero attached hydrogens (tertiary/aromatic N) is 2. The van der Waals surface area contributed by atoms with Crippen LogP contribution >= 0.6 is 0 Å². The minimum absolute atomic E-state index is 0.0729. The van der Waals surface area contributed by atoms with E-state index in [0.29, 0.717) is 29.2 Å². The van der Waals surface area contributed by atoms with Gasteiger partial charge in [-0.1, -0.05) is 0 Å². The van der Waals surface area contributed by atoms with Gasteiger partial charge in [-0.15, -0.1) is 0 Å². The van der Waals surface area contributed by atoms with E-state index in [2.05, 4.69) is 25.9 Å². The van der Waals surface area contributed by atoms with Gasteiger partial charge in [0.25, 0.3) is 0 Å². The van der Waals surface area contributed by atoms with Gasteiger partial charge >= 0.3 is 12.2 Å². The van der Waals surface area contributed by atoms with Gasteiger partial charge in [-0.25, -0.2) is 19.2 Å². The van der Waals surface area contributed by atoms with Crippen molar-refractivity contribution in [2.45, 2.75) is 25.4 Å². The summed E-state index contributed by atoms with van der Waals surface area (Å²) in [6.45, 7) is 0.558. The van der Waals surface area contributed by atoms with Gasteiger partial charge in [-0.05, 0) is 43.5 Å². The summed E-state index contributed by atoms with van der Waals surface area (Å²) >= 11 is 0. The fourth-order valence-electron chi connectivity index (χ4n) is 3.73. The SMILES string of the molecule is COCCOc1cc(F)c2c(Nc3ccc(NC(=O)NCCC4(C(F)(F)F)CC4)cc3)ncnc2c1. The zero-order chi connectivity index (χ0) is 25.8. The number of nitrogens with one attached hydrogen (secondary N) is 3. The molecule has 0 bridgehead atoms. The van der Waals surface area contributed by atoms with E-state index in [1.165, 1.54) is 12.4 Å². The summed E-state index contributed by atoms with van der Waals surface area (Å²) in [7, 11) is 1.54. The number of halogens is 4. The molecule has 0 saturated heterocycles. The Balaban J connectivity index is 1.35. The summed E-state index contributed by atoms with van der Waals surface area (Å²) in [6.07, 6.45) is -2.89. The van der Waals surface area contributed by atoms with Crippen molar-refractivity contribution in [3.63, 3.8) is 0 Å². The van der Waals surface area contributed by atoms with E-state index < -0.39 is 23.4 Å². The van der Waals surface area contributed by atoms with Crippen molar-refractivity contribution >= 4 is 34.1 Å². The van der Waals surface area contributed by atoms with Crippen LogP contribution in [0.5, 0.6) is 5.75 Å². The number of hydrogen-bond donors (Lipinski definition) is 3. The van der Waals surface area contributed by atoms with Crippen molar-refractivity contribution in [1.29, 1.82) is 0 Å². The number of hydrogen-bond acceptors (Lipinski definition) is 6. The van der Waals surface area contributed by atoms with E-state index in [0.717, 1.165) is 0 Å². The van der Waals surface area contributed by atoms with E-state index in [1.54, 1.807) is 37.4 Å². The average molecular weight is 507 g/mol. The maximum atomic E-state index is 14.8. The lowest BCUT2D eigenvalue weighted by Crippen LogP contribution is -2.34. The normalized spacial score (nSPS) is 14.4. The van der Waals surface area contributed by atoms with Crippen LogP contribution in [-0.4, -0.2) is 49.0 Å². The first-order valence-electron chi connectivity index (χ1n) is 11.3. The largest absolute Gasteiger partial charge is 0.491 e. The molecule has 0 aliphatic heterocycles. The molecule has 1 aliphatic carbocycles. The number of carbonyl (C=O) groups is 1. The monoisotopic (exact) mass is 507 g/mol. The van der Waals surface area contributed by atoms with Crippen LogP contribution in [0.25, 0.3) is 10.9 Å². The molecule has 36 heavy (non-hydrogen) atoms. The van der Waals surface area contributed by atoms with Crippen LogP contribution < -0.4 is 20.7 Å². The molecule has 12 heteroatoms.